The summed E-state index contributed by atoms with van der Waals surface area (Å²) in [7, 11) is 1.55. The smallest absolute Gasteiger partial charge is 0.249 e. The Morgan fingerprint density at radius 3 is 2.71 bits per heavy atom. The number of benzene rings is 2. The summed E-state index contributed by atoms with van der Waals surface area (Å²) in [5, 5.41) is 21.6. The number of halogens is 3. The van der Waals surface area contributed by atoms with Crippen LogP contribution in [0, 0.1) is 28.9 Å². The van der Waals surface area contributed by atoms with Crippen LogP contribution in [0.4, 0.5) is 8.78 Å². The summed E-state index contributed by atoms with van der Waals surface area (Å²) < 4.78 is 32.2. The molecule has 0 aliphatic carbocycles. The van der Waals surface area contributed by atoms with Gasteiger partial charge in [-0.25, -0.2) is 14.3 Å². The number of hydrogen-bond donors (Lipinski definition) is 3. The van der Waals surface area contributed by atoms with Gasteiger partial charge in [-0.15, -0.1) is 0 Å². The van der Waals surface area contributed by atoms with Crippen LogP contribution in [-0.2, 0) is 4.79 Å². The molecule has 2 heterocycles. The van der Waals surface area contributed by atoms with Crippen molar-refractivity contribution in [2.24, 2.45) is 5.41 Å². The summed E-state index contributed by atoms with van der Waals surface area (Å²) in [6.45, 7) is 1.37. The molecule has 1 unspecified atom stereocenters. The number of carbonyl (C=O) groups excluding carboxylic acids is 1. The van der Waals surface area contributed by atoms with Crippen molar-refractivity contribution in [3.63, 3.8) is 0 Å². The molecule has 1 atom stereocenters. The van der Waals surface area contributed by atoms with Crippen LogP contribution in [-0.4, -0.2) is 52.8 Å². The molecule has 3 N–H and O–H groups in total. The Bertz CT molecular complexity index is 1380. The van der Waals surface area contributed by atoms with Crippen molar-refractivity contribution in [3.05, 3.63) is 70.4 Å². The molecular weight excluding hydrogens is 516 g/mol. The van der Waals surface area contributed by atoms with Crippen LogP contribution in [0.2, 0.25) is 5.02 Å². The van der Waals surface area contributed by atoms with Crippen LogP contribution in [0.1, 0.15) is 42.9 Å². The van der Waals surface area contributed by atoms with Crippen LogP contribution in [0.3, 0.4) is 0 Å². The van der Waals surface area contributed by atoms with E-state index in [0.717, 1.165) is 12.1 Å². The first-order valence-corrected chi connectivity index (χ1v) is 12.5. The molecule has 1 aromatic heterocycles. The molecule has 4 rings (SSSR count). The highest BCUT2D eigenvalue weighted by Gasteiger charge is 2.41. The fourth-order valence-electron chi connectivity index (χ4n) is 4.88. The number of aliphatic hydroxyl groups is 1. The number of piperidine rings is 1. The summed E-state index contributed by atoms with van der Waals surface area (Å²) in [5.74, 6) is 4.34. The number of aromatic nitrogens is 1. The van der Waals surface area contributed by atoms with E-state index < -0.39 is 29.1 Å². The van der Waals surface area contributed by atoms with E-state index in [-0.39, 0.29) is 12.0 Å². The molecule has 7 nitrogen and oxygen atoms in total. The quantitative estimate of drug-likeness (QED) is 0.228. The first-order valence-electron chi connectivity index (χ1n) is 12.2. The fourth-order valence-corrected chi connectivity index (χ4v) is 5.15. The van der Waals surface area contributed by atoms with Gasteiger partial charge in [-0.2, -0.15) is 0 Å². The Hall–Kier alpha value is -3.29. The second-order valence-corrected chi connectivity index (χ2v) is 9.79. The molecule has 38 heavy (non-hydrogen) atoms. The highest BCUT2D eigenvalue weighted by atomic mass is 35.5. The Morgan fingerprint density at radius 2 is 2.03 bits per heavy atom. The SMILES string of the molecule is COc1ccc2ncc(Cl)c(C(O)CCC3(C(=O)NO)CCN(CC#Cc4ccc(F)cc4F)CC3)c2c1. The summed E-state index contributed by atoms with van der Waals surface area (Å²) >= 11 is 6.42. The van der Waals surface area contributed by atoms with Gasteiger partial charge in [0.15, 0.2) is 0 Å². The number of fused-ring (bicyclic) bond motifs is 1. The number of hydrogen-bond acceptors (Lipinski definition) is 6. The maximum absolute atomic E-state index is 13.8. The van der Waals surface area contributed by atoms with Gasteiger partial charge in [0.1, 0.15) is 17.4 Å². The lowest BCUT2D eigenvalue weighted by Gasteiger charge is -2.40. The molecule has 3 aromatic rings. The Labute approximate surface area is 224 Å². The largest absolute Gasteiger partial charge is 0.497 e. The molecule has 0 spiro atoms. The summed E-state index contributed by atoms with van der Waals surface area (Å²) in [6, 6.07) is 8.56. The zero-order valence-corrected chi connectivity index (χ0v) is 21.6. The lowest BCUT2D eigenvalue weighted by Crippen LogP contribution is -2.48. The van der Waals surface area contributed by atoms with Crippen molar-refractivity contribution < 1.29 is 28.6 Å². The van der Waals surface area contributed by atoms with Gasteiger partial charge < -0.3 is 9.84 Å². The maximum atomic E-state index is 13.8. The predicted molar refractivity (Wildman–Crippen MR) is 139 cm³/mol. The fraction of sp³-hybridized carbons (Fsp3) is 0.357. The Morgan fingerprint density at radius 1 is 1.26 bits per heavy atom. The van der Waals surface area contributed by atoms with Gasteiger partial charge in [0.2, 0.25) is 5.91 Å². The minimum Gasteiger partial charge on any atom is -0.497 e. The highest BCUT2D eigenvalue weighted by Crippen LogP contribution is 2.41. The molecule has 200 valence electrons. The van der Waals surface area contributed by atoms with Gasteiger partial charge in [-0.05, 0) is 56.0 Å². The van der Waals surface area contributed by atoms with Crippen molar-refractivity contribution in [1.29, 1.82) is 0 Å². The topological polar surface area (TPSA) is 94.9 Å². The maximum Gasteiger partial charge on any atom is 0.249 e. The van der Waals surface area contributed by atoms with E-state index in [2.05, 4.69) is 16.8 Å². The average Bonchev–Trinajstić information content (AvgIpc) is 2.92. The van der Waals surface area contributed by atoms with Crippen LogP contribution in [0.5, 0.6) is 5.75 Å². The Kier molecular flexibility index (Phi) is 8.80. The van der Waals surface area contributed by atoms with E-state index >= 15 is 0 Å². The molecule has 1 aliphatic heterocycles. The number of pyridine rings is 1. The lowest BCUT2D eigenvalue weighted by molar-refractivity contribution is -0.143. The monoisotopic (exact) mass is 543 g/mol. The summed E-state index contributed by atoms with van der Waals surface area (Å²) in [5.41, 5.74) is 2.18. The standard InChI is InChI=1S/C28H28ClF2N3O4/c1-38-20-6-7-24-21(16-20)26(22(29)17-32-24)25(35)8-9-28(27(36)33-37)10-13-34(14-11-28)12-2-3-18-4-5-19(30)15-23(18)31/h4-7,15-17,25,35,37H,8-14H2,1H3,(H,33,36). The van der Waals surface area contributed by atoms with E-state index in [0.29, 0.717) is 66.1 Å². The Balaban J connectivity index is 1.44. The average molecular weight is 544 g/mol. The number of nitrogens with one attached hydrogen (secondary N) is 1. The van der Waals surface area contributed by atoms with Gasteiger partial charge in [0.25, 0.3) is 0 Å². The number of ether oxygens (including phenoxy) is 1. The first kappa shape index (κ1) is 27.7. The molecular formula is C28H28ClF2N3O4. The van der Waals surface area contributed by atoms with Crippen LogP contribution in [0.25, 0.3) is 10.9 Å². The summed E-state index contributed by atoms with van der Waals surface area (Å²) in [4.78, 5) is 19.1. The second-order valence-electron chi connectivity index (χ2n) is 9.38. The minimum atomic E-state index is -0.974. The zero-order chi connectivity index (χ0) is 27.3. The van der Waals surface area contributed by atoms with Gasteiger partial charge in [0.05, 0.1) is 41.3 Å². The molecule has 1 saturated heterocycles. The number of methoxy groups -OCH3 is 1. The number of aliphatic hydroxyl groups excluding tert-OH is 1. The molecule has 0 bridgehead atoms. The van der Waals surface area contributed by atoms with Crippen molar-refractivity contribution in [1.82, 2.24) is 15.4 Å². The van der Waals surface area contributed by atoms with E-state index in [1.54, 1.807) is 30.8 Å². The number of amides is 1. The number of rotatable bonds is 7. The van der Waals surface area contributed by atoms with E-state index in [4.69, 9.17) is 16.3 Å². The van der Waals surface area contributed by atoms with E-state index in [9.17, 15) is 23.9 Å². The van der Waals surface area contributed by atoms with Crippen LogP contribution in [0.15, 0.2) is 42.6 Å². The van der Waals surface area contributed by atoms with E-state index in [1.165, 1.54) is 12.3 Å². The number of nitrogens with zero attached hydrogens (tertiary/aromatic N) is 2. The number of hydroxylamine groups is 1. The molecule has 2 aromatic carbocycles. The van der Waals surface area contributed by atoms with Gasteiger partial charge >= 0.3 is 0 Å². The highest BCUT2D eigenvalue weighted by molar-refractivity contribution is 6.32. The van der Waals surface area contributed by atoms with Gasteiger partial charge in [0, 0.05) is 36.3 Å². The molecule has 10 heteroatoms. The first-order chi connectivity index (χ1) is 18.3. The van der Waals surface area contributed by atoms with Crippen molar-refractivity contribution in [2.75, 3.05) is 26.7 Å². The molecule has 1 amide bonds. The minimum absolute atomic E-state index is 0.117. The summed E-state index contributed by atoms with van der Waals surface area (Å²) in [6.07, 6.45) is 1.91. The normalized spacial score (nSPS) is 15.9. The molecule has 1 aliphatic rings. The number of carbonyl (C=O) groups is 1. The van der Waals surface area contributed by atoms with Gasteiger partial charge in [-0.3, -0.25) is 19.9 Å². The molecule has 0 saturated carbocycles. The van der Waals surface area contributed by atoms with E-state index in [1.807, 2.05) is 4.90 Å². The van der Waals surface area contributed by atoms with Crippen molar-refractivity contribution >= 4 is 28.4 Å². The third-order valence-electron chi connectivity index (χ3n) is 7.15. The van der Waals surface area contributed by atoms with Crippen molar-refractivity contribution in [2.45, 2.75) is 31.8 Å². The van der Waals surface area contributed by atoms with Crippen LogP contribution >= 0.6 is 11.6 Å². The molecule has 0 radical (unpaired) electrons. The second kappa shape index (κ2) is 12.0. The lowest BCUT2D eigenvalue weighted by atomic mass is 9.73. The third kappa shape index (κ3) is 6.05. The molecule has 1 fully saturated rings. The van der Waals surface area contributed by atoms with Gasteiger partial charge in [-0.1, -0.05) is 23.4 Å². The number of likely N-dealkylation sites (tertiary alicyclic amines) is 1. The van der Waals surface area contributed by atoms with Crippen molar-refractivity contribution in [3.8, 4) is 17.6 Å². The zero-order valence-electron chi connectivity index (χ0n) is 20.8. The van der Waals surface area contributed by atoms with Crippen LogP contribution < -0.4 is 10.2 Å². The predicted octanol–water partition coefficient (Wildman–Crippen LogP) is 4.63. The third-order valence-corrected chi connectivity index (χ3v) is 7.45.